The Morgan fingerprint density at radius 2 is 2.06 bits per heavy atom. The van der Waals surface area contributed by atoms with Crippen molar-refractivity contribution in [2.45, 2.75) is 70.6 Å². The highest BCUT2D eigenvalue weighted by Crippen LogP contribution is 2.47. The Balaban J connectivity index is 1.69. The van der Waals surface area contributed by atoms with Crippen LogP contribution in [0, 0.1) is 11.8 Å². The van der Waals surface area contributed by atoms with Gasteiger partial charge < -0.3 is 9.64 Å². The number of ether oxygens (including phenoxy) is 1. The van der Waals surface area contributed by atoms with E-state index in [-0.39, 0.29) is 11.7 Å². The molecule has 0 aromatic heterocycles. The summed E-state index contributed by atoms with van der Waals surface area (Å²) in [6.07, 6.45) is 5.58. The Kier molecular flexibility index (Phi) is 2.43. The van der Waals surface area contributed by atoms with E-state index in [1.54, 1.807) is 0 Å². The number of rotatable bonds is 2. The summed E-state index contributed by atoms with van der Waals surface area (Å²) >= 11 is 0. The molecular weight excluding hydrogens is 214 g/mol. The molecule has 3 nitrogen and oxygen atoms in total. The van der Waals surface area contributed by atoms with Crippen molar-refractivity contribution in [3.63, 3.8) is 0 Å². The molecule has 3 aliphatic rings. The molecule has 3 rings (SSSR count). The molecule has 17 heavy (non-hydrogen) atoms. The first-order chi connectivity index (χ1) is 8.00. The van der Waals surface area contributed by atoms with Crippen LogP contribution in [0.4, 0.5) is 4.79 Å². The minimum atomic E-state index is -0.132. The number of hydrogen-bond acceptors (Lipinski definition) is 2. The molecule has 2 bridgehead atoms. The highest BCUT2D eigenvalue weighted by molar-refractivity contribution is 5.70. The van der Waals surface area contributed by atoms with Crippen molar-refractivity contribution < 1.29 is 9.53 Å². The molecule has 2 heterocycles. The topological polar surface area (TPSA) is 29.5 Å². The van der Waals surface area contributed by atoms with E-state index in [0.717, 1.165) is 12.8 Å². The average Bonchev–Trinajstić information content (AvgIpc) is 2.77. The first kappa shape index (κ1) is 11.4. The molecule has 96 valence electrons. The molecule has 3 fully saturated rings. The van der Waals surface area contributed by atoms with Crippen LogP contribution in [0.5, 0.6) is 0 Å². The van der Waals surface area contributed by atoms with Gasteiger partial charge in [0.15, 0.2) is 0 Å². The molecule has 3 heteroatoms. The Morgan fingerprint density at radius 3 is 2.59 bits per heavy atom. The van der Waals surface area contributed by atoms with Gasteiger partial charge >= 0.3 is 6.09 Å². The van der Waals surface area contributed by atoms with Gasteiger partial charge in [0, 0.05) is 12.1 Å². The first-order valence-electron chi connectivity index (χ1n) is 7.01. The van der Waals surface area contributed by atoms with Crippen LogP contribution in [0.25, 0.3) is 0 Å². The molecule has 2 unspecified atom stereocenters. The summed E-state index contributed by atoms with van der Waals surface area (Å²) in [5, 5.41) is 0. The van der Waals surface area contributed by atoms with Gasteiger partial charge in [-0.05, 0) is 50.9 Å². The Labute approximate surface area is 104 Å². The second-order valence-electron chi connectivity index (χ2n) is 6.67. The summed E-state index contributed by atoms with van der Waals surface area (Å²) in [7, 11) is 0. The zero-order valence-electron chi connectivity index (χ0n) is 11.1. The maximum atomic E-state index is 12.2. The smallest absolute Gasteiger partial charge is 0.410 e. The molecule has 0 N–H and O–H groups in total. The molecule has 1 aliphatic carbocycles. The third kappa shape index (κ3) is 1.84. The molecule has 2 saturated heterocycles. The van der Waals surface area contributed by atoms with Crippen molar-refractivity contribution >= 4 is 6.09 Å². The minimum absolute atomic E-state index is 0.0411. The molecule has 3 atom stereocenters. The standard InChI is InChI=1S/C14H23NO2/c1-9(2)11-8-10-4-5-12(11)15(10)13(16)17-14(3)6-7-14/h9-12H,4-8H2,1-3H3/t10?,11-,12?/m0/s1. The summed E-state index contributed by atoms with van der Waals surface area (Å²) in [6, 6.07) is 0.914. The number of hydrogen-bond donors (Lipinski definition) is 0. The fourth-order valence-corrected chi connectivity index (χ4v) is 3.58. The molecule has 0 spiro atoms. The molecule has 2 aliphatic heterocycles. The SMILES string of the molecule is CC(C)[C@@H]1CC2CCC1N2C(=O)OC1(C)CC1. The van der Waals surface area contributed by atoms with E-state index in [4.69, 9.17) is 4.74 Å². The monoisotopic (exact) mass is 237 g/mol. The summed E-state index contributed by atoms with van der Waals surface area (Å²) in [6.45, 7) is 6.59. The summed E-state index contributed by atoms with van der Waals surface area (Å²) in [4.78, 5) is 14.3. The van der Waals surface area contributed by atoms with Gasteiger partial charge in [0.05, 0.1) is 0 Å². The lowest BCUT2D eigenvalue weighted by molar-refractivity contribution is 0.0517. The van der Waals surface area contributed by atoms with Crippen molar-refractivity contribution in [3.8, 4) is 0 Å². The Hall–Kier alpha value is -0.730. The molecule has 0 radical (unpaired) electrons. The fourth-order valence-electron chi connectivity index (χ4n) is 3.58. The largest absolute Gasteiger partial charge is 0.443 e. The third-order valence-electron chi connectivity index (χ3n) is 4.94. The maximum absolute atomic E-state index is 12.2. The molecule has 0 aromatic rings. The van der Waals surface area contributed by atoms with Gasteiger partial charge in [0.2, 0.25) is 0 Å². The lowest BCUT2D eigenvalue weighted by Gasteiger charge is -2.27. The van der Waals surface area contributed by atoms with Crippen molar-refractivity contribution in [2.24, 2.45) is 11.8 Å². The fraction of sp³-hybridized carbons (Fsp3) is 0.929. The Bertz CT molecular complexity index is 335. The highest BCUT2D eigenvalue weighted by atomic mass is 16.6. The zero-order valence-corrected chi connectivity index (χ0v) is 11.1. The molecule has 1 amide bonds. The van der Waals surface area contributed by atoms with E-state index >= 15 is 0 Å². The summed E-state index contributed by atoms with van der Waals surface area (Å²) < 4.78 is 5.63. The van der Waals surface area contributed by atoms with Crippen molar-refractivity contribution in [3.05, 3.63) is 0 Å². The van der Waals surface area contributed by atoms with Gasteiger partial charge in [-0.2, -0.15) is 0 Å². The van der Waals surface area contributed by atoms with Gasteiger partial charge in [0.25, 0.3) is 0 Å². The maximum Gasteiger partial charge on any atom is 0.410 e. The number of carbonyl (C=O) groups excluding carboxylic acids is 1. The minimum Gasteiger partial charge on any atom is -0.443 e. The van der Waals surface area contributed by atoms with Crippen LogP contribution in [-0.4, -0.2) is 28.7 Å². The normalized spacial score (nSPS) is 37.6. The molecule has 1 saturated carbocycles. The van der Waals surface area contributed by atoms with Gasteiger partial charge in [-0.15, -0.1) is 0 Å². The van der Waals surface area contributed by atoms with E-state index in [1.807, 2.05) is 6.92 Å². The van der Waals surface area contributed by atoms with Crippen molar-refractivity contribution in [2.75, 3.05) is 0 Å². The van der Waals surface area contributed by atoms with Crippen LogP contribution >= 0.6 is 0 Å². The quantitative estimate of drug-likeness (QED) is 0.738. The average molecular weight is 237 g/mol. The van der Waals surface area contributed by atoms with Crippen molar-refractivity contribution in [1.29, 1.82) is 0 Å². The number of amides is 1. The Morgan fingerprint density at radius 1 is 1.35 bits per heavy atom. The van der Waals surface area contributed by atoms with Gasteiger partial charge in [-0.1, -0.05) is 13.8 Å². The van der Waals surface area contributed by atoms with E-state index < -0.39 is 0 Å². The van der Waals surface area contributed by atoms with Crippen LogP contribution in [0.1, 0.15) is 52.9 Å². The van der Waals surface area contributed by atoms with Gasteiger partial charge in [0.1, 0.15) is 5.60 Å². The van der Waals surface area contributed by atoms with E-state index in [9.17, 15) is 4.79 Å². The molecular formula is C14H23NO2. The van der Waals surface area contributed by atoms with Gasteiger partial charge in [-0.3, -0.25) is 0 Å². The van der Waals surface area contributed by atoms with Crippen LogP contribution in [0.2, 0.25) is 0 Å². The van der Waals surface area contributed by atoms with E-state index in [2.05, 4.69) is 18.7 Å². The predicted octanol–water partition coefficient (Wildman–Crippen LogP) is 3.18. The number of nitrogens with zero attached hydrogens (tertiary/aromatic N) is 1. The van der Waals surface area contributed by atoms with Crippen LogP contribution in [0.15, 0.2) is 0 Å². The summed E-state index contributed by atoms with van der Waals surface area (Å²) in [5.74, 6) is 1.37. The zero-order chi connectivity index (χ0) is 12.2. The van der Waals surface area contributed by atoms with Crippen molar-refractivity contribution in [1.82, 2.24) is 4.90 Å². The highest BCUT2D eigenvalue weighted by Gasteiger charge is 2.52. The van der Waals surface area contributed by atoms with E-state index in [1.165, 1.54) is 19.3 Å². The van der Waals surface area contributed by atoms with E-state index in [0.29, 0.717) is 23.9 Å². The van der Waals surface area contributed by atoms with Crippen LogP contribution in [-0.2, 0) is 4.74 Å². The predicted molar refractivity (Wildman–Crippen MR) is 65.7 cm³/mol. The number of fused-ring (bicyclic) bond motifs is 2. The van der Waals surface area contributed by atoms with Crippen LogP contribution < -0.4 is 0 Å². The number of carbonyl (C=O) groups is 1. The second-order valence-corrected chi connectivity index (χ2v) is 6.67. The second kappa shape index (κ2) is 3.63. The lowest BCUT2D eigenvalue weighted by atomic mass is 9.82. The third-order valence-corrected chi connectivity index (χ3v) is 4.94. The first-order valence-corrected chi connectivity index (χ1v) is 7.01. The lowest BCUT2D eigenvalue weighted by Crippen LogP contribution is -2.39. The van der Waals surface area contributed by atoms with Gasteiger partial charge in [-0.25, -0.2) is 4.79 Å². The van der Waals surface area contributed by atoms with Crippen LogP contribution in [0.3, 0.4) is 0 Å². The molecule has 0 aromatic carbocycles. The summed E-state index contributed by atoms with van der Waals surface area (Å²) in [5.41, 5.74) is -0.132.